The van der Waals surface area contributed by atoms with Gasteiger partial charge in [0, 0.05) is 24.8 Å². The number of benzene rings is 2. The molecule has 8 nitrogen and oxygen atoms in total. The minimum absolute atomic E-state index is 0.248. The van der Waals surface area contributed by atoms with Crippen LogP contribution in [0.1, 0.15) is 19.8 Å². The van der Waals surface area contributed by atoms with E-state index in [0.29, 0.717) is 0 Å². The highest BCUT2D eigenvalue weighted by Gasteiger charge is 2.22. The Kier molecular flexibility index (Phi) is 4.56. The molecule has 0 saturated carbocycles. The van der Waals surface area contributed by atoms with Crippen LogP contribution in [0.2, 0.25) is 0 Å². The molecular formula is C24H24N6O2. The highest BCUT2D eigenvalue weighted by Crippen LogP contribution is 2.36. The second-order valence-electron chi connectivity index (χ2n) is 8.36. The third-order valence-electron chi connectivity index (χ3n) is 6.12. The van der Waals surface area contributed by atoms with Crippen molar-refractivity contribution in [1.29, 1.82) is 0 Å². The van der Waals surface area contributed by atoms with Gasteiger partial charge in [-0.05, 0) is 43.0 Å². The molecule has 6 rings (SSSR count). The van der Waals surface area contributed by atoms with E-state index in [1.807, 2.05) is 59.4 Å². The minimum Gasteiger partial charge on any atom is -0.454 e. The van der Waals surface area contributed by atoms with E-state index in [-0.39, 0.29) is 6.79 Å². The first-order chi connectivity index (χ1) is 15.7. The summed E-state index contributed by atoms with van der Waals surface area (Å²) in [4.78, 5) is 12.1. The molecule has 4 aromatic rings. The van der Waals surface area contributed by atoms with Gasteiger partial charge in [0.1, 0.15) is 5.82 Å². The van der Waals surface area contributed by atoms with Crippen LogP contribution in [0, 0.1) is 5.92 Å². The minimum atomic E-state index is 0.248. The van der Waals surface area contributed by atoms with Crippen molar-refractivity contribution < 1.29 is 9.47 Å². The summed E-state index contributed by atoms with van der Waals surface area (Å²) in [5, 5.41) is 8.96. The Bertz CT molecular complexity index is 1260. The summed E-state index contributed by atoms with van der Waals surface area (Å²) in [5.74, 6) is 3.67. The summed E-state index contributed by atoms with van der Waals surface area (Å²) in [5.41, 5.74) is 2.62. The Morgan fingerprint density at radius 2 is 1.78 bits per heavy atom. The molecule has 2 aliphatic rings. The molecule has 0 radical (unpaired) electrons. The standard InChI is InChI=1S/C24H24N6O2/c1-16-9-11-29(12-10-16)24-27-22(26-17-7-8-20-21(13-17)32-15-31-20)19-14-25-30(23(19)28-24)18-5-3-2-4-6-18/h2-8,13-14,16H,9-12,15H2,1H3,(H,26,27,28). The molecule has 0 unspecified atom stereocenters. The van der Waals surface area contributed by atoms with Gasteiger partial charge < -0.3 is 19.7 Å². The largest absolute Gasteiger partial charge is 0.454 e. The lowest BCUT2D eigenvalue weighted by atomic mass is 10.00. The molecule has 1 N–H and O–H groups in total. The third kappa shape index (κ3) is 3.37. The summed E-state index contributed by atoms with van der Waals surface area (Å²) < 4.78 is 12.8. The molecule has 0 aliphatic carbocycles. The fourth-order valence-corrected chi connectivity index (χ4v) is 4.21. The normalized spacial score (nSPS) is 16.0. The zero-order valence-corrected chi connectivity index (χ0v) is 17.9. The van der Waals surface area contributed by atoms with Gasteiger partial charge in [0.25, 0.3) is 0 Å². The number of hydrogen-bond acceptors (Lipinski definition) is 7. The molecule has 2 aliphatic heterocycles. The predicted molar refractivity (Wildman–Crippen MR) is 123 cm³/mol. The highest BCUT2D eigenvalue weighted by molar-refractivity contribution is 5.90. The van der Waals surface area contributed by atoms with E-state index in [1.165, 1.54) is 0 Å². The van der Waals surface area contributed by atoms with Crippen molar-refractivity contribution in [2.24, 2.45) is 5.92 Å². The Morgan fingerprint density at radius 3 is 2.62 bits per heavy atom. The predicted octanol–water partition coefficient (Wildman–Crippen LogP) is 4.52. The summed E-state index contributed by atoms with van der Waals surface area (Å²) in [6.45, 7) is 4.46. The molecule has 4 heterocycles. The lowest BCUT2D eigenvalue weighted by molar-refractivity contribution is 0.174. The number of nitrogens with zero attached hydrogens (tertiary/aromatic N) is 5. The number of rotatable bonds is 4. The van der Waals surface area contributed by atoms with Crippen LogP contribution in [0.4, 0.5) is 17.5 Å². The van der Waals surface area contributed by atoms with Gasteiger partial charge in [-0.25, -0.2) is 4.68 Å². The van der Waals surface area contributed by atoms with Gasteiger partial charge >= 0.3 is 0 Å². The van der Waals surface area contributed by atoms with Gasteiger partial charge in [-0.15, -0.1) is 0 Å². The number of ether oxygens (including phenoxy) is 2. The maximum Gasteiger partial charge on any atom is 0.231 e. The summed E-state index contributed by atoms with van der Waals surface area (Å²) >= 11 is 0. The van der Waals surface area contributed by atoms with Crippen molar-refractivity contribution in [3.8, 4) is 17.2 Å². The van der Waals surface area contributed by atoms with E-state index < -0.39 is 0 Å². The lowest BCUT2D eigenvalue weighted by Crippen LogP contribution is -2.34. The number of para-hydroxylation sites is 1. The van der Waals surface area contributed by atoms with E-state index in [4.69, 9.17) is 19.4 Å². The molecule has 2 aromatic heterocycles. The smallest absolute Gasteiger partial charge is 0.231 e. The molecule has 2 aromatic carbocycles. The molecule has 0 atom stereocenters. The Morgan fingerprint density at radius 1 is 0.969 bits per heavy atom. The second-order valence-corrected chi connectivity index (χ2v) is 8.36. The molecule has 162 valence electrons. The Labute approximate surface area is 185 Å². The highest BCUT2D eigenvalue weighted by atomic mass is 16.7. The van der Waals surface area contributed by atoms with Crippen molar-refractivity contribution in [1.82, 2.24) is 19.7 Å². The average molecular weight is 428 g/mol. The molecule has 32 heavy (non-hydrogen) atoms. The van der Waals surface area contributed by atoms with Crippen molar-refractivity contribution >= 4 is 28.5 Å². The summed E-state index contributed by atoms with van der Waals surface area (Å²) in [7, 11) is 0. The first-order valence-electron chi connectivity index (χ1n) is 11.0. The molecule has 1 fully saturated rings. The van der Waals surface area contributed by atoms with Crippen molar-refractivity contribution in [3.05, 3.63) is 54.7 Å². The van der Waals surface area contributed by atoms with Crippen LogP contribution >= 0.6 is 0 Å². The van der Waals surface area contributed by atoms with E-state index in [1.54, 1.807) is 0 Å². The van der Waals surface area contributed by atoms with Crippen LogP contribution < -0.4 is 19.7 Å². The zero-order chi connectivity index (χ0) is 21.5. The summed E-state index contributed by atoms with van der Waals surface area (Å²) in [6.07, 6.45) is 4.11. The fourth-order valence-electron chi connectivity index (χ4n) is 4.21. The number of fused-ring (bicyclic) bond motifs is 2. The molecule has 0 spiro atoms. The first kappa shape index (κ1) is 18.9. The SMILES string of the molecule is CC1CCN(c2nc(Nc3ccc4c(c3)OCO4)c3cnn(-c4ccccc4)c3n2)CC1. The Hall–Kier alpha value is -3.81. The molecule has 0 bridgehead atoms. The van der Waals surface area contributed by atoms with E-state index in [2.05, 4.69) is 22.2 Å². The van der Waals surface area contributed by atoms with Gasteiger partial charge in [0.2, 0.25) is 12.7 Å². The molecule has 1 saturated heterocycles. The van der Waals surface area contributed by atoms with Crippen LogP contribution in [-0.4, -0.2) is 39.6 Å². The summed E-state index contributed by atoms with van der Waals surface area (Å²) in [6, 6.07) is 15.9. The number of piperidine rings is 1. The number of aromatic nitrogens is 4. The molecule has 0 amide bonds. The second kappa shape index (κ2) is 7.71. The van der Waals surface area contributed by atoms with Gasteiger partial charge in [-0.2, -0.15) is 15.1 Å². The van der Waals surface area contributed by atoms with Crippen molar-refractivity contribution in [3.63, 3.8) is 0 Å². The van der Waals surface area contributed by atoms with E-state index in [9.17, 15) is 0 Å². The van der Waals surface area contributed by atoms with Gasteiger partial charge in [0.05, 0.1) is 17.3 Å². The zero-order valence-electron chi connectivity index (χ0n) is 17.9. The quantitative estimate of drug-likeness (QED) is 0.512. The number of anilines is 3. The van der Waals surface area contributed by atoms with Gasteiger partial charge in [-0.3, -0.25) is 0 Å². The lowest BCUT2D eigenvalue weighted by Gasteiger charge is -2.30. The number of nitrogens with one attached hydrogen (secondary N) is 1. The Balaban J connectivity index is 1.45. The van der Waals surface area contributed by atoms with Crippen LogP contribution in [0.25, 0.3) is 16.7 Å². The average Bonchev–Trinajstić information content (AvgIpc) is 3.47. The third-order valence-corrected chi connectivity index (χ3v) is 6.12. The molecule has 8 heteroatoms. The van der Waals surface area contributed by atoms with Crippen LogP contribution in [0.3, 0.4) is 0 Å². The maximum atomic E-state index is 5.54. The maximum absolute atomic E-state index is 5.54. The first-order valence-corrected chi connectivity index (χ1v) is 11.0. The van der Waals surface area contributed by atoms with Crippen LogP contribution in [0.15, 0.2) is 54.7 Å². The topological polar surface area (TPSA) is 77.3 Å². The van der Waals surface area contributed by atoms with E-state index in [0.717, 1.165) is 77.5 Å². The molecular weight excluding hydrogens is 404 g/mol. The number of hydrogen-bond donors (Lipinski definition) is 1. The van der Waals surface area contributed by atoms with Crippen LogP contribution in [-0.2, 0) is 0 Å². The monoisotopic (exact) mass is 428 g/mol. The van der Waals surface area contributed by atoms with Gasteiger partial charge in [-0.1, -0.05) is 25.1 Å². The van der Waals surface area contributed by atoms with E-state index >= 15 is 0 Å². The van der Waals surface area contributed by atoms with Crippen molar-refractivity contribution in [2.75, 3.05) is 30.1 Å². The fraction of sp³-hybridized carbons (Fsp3) is 0.292. The van der Waals surface area contributed by atoms with Gasteiger partial charge in [0.15, 0.2) is 17.1 Å². The van der Waals surface area contributed by atoms with Crippen LogP contribution in [0.5, 0.6) is 11.5 Å². The van der Waals surface area contributed by atoms with Crippen molar-refractivity contribution in [2.45, 2.75) is 19.8 Å².